The van der Waals surface area contributed by atoms with Crippen LogP contribution in [0.1, 0.15) is 5.56 Å². The summed E-state index contributed by atoms with van der Waals surface area (Å²) >= 11 is 6.18. The molecule has 29 heavy (non-hydrogen) atoms. The molecule has 3 rings (SSSR count). The Labute approximate surface area is 168 Å². The third-order valence-corrected chi connectivity index (χ3v) is 4.86. The van der Waals surface area contributed by atoms with Gasteiger partial charge in [0.05, 0.1) is 17.2 Å². The highest BCUT2D eigenvalue weighted by atomic mass is 35.5. The fraction of sp³-hybridized carbons (Fsp3) is 0.368. The van der Waals surface area contributed by atoms with Gasteiger partial charge in [0.15, 0.2) is 0 Å². The highest BCUT2D eigenvalue weighted by molar-refractivity contribution is 6.32. The van der Waals surface area contributed by atoms with Crippen LogP contribution in [-0.2, 0) is 10.9 Å². The molecule has 0 saturated carbocycles. The summed E-state index contributed by atoms with van der Waals surface area (Å²) in [7, 11) is 0. The highest BCUT2D eigenvalue weighted by Crippen LogP contribution is 2.35. The van der Waals surface area contributed by atoms with E-state index in [-0.39, 0.29) is 10.8 Å². The Morgan fingerprint density at radius 1 is 0.931 bits per heavy atom. The van der Waals surface area contributed by atoms with Gasteiger partial charge < -0.3 is 29.9 Å². The van der Waals surface area contributed by atoms with Gasteiger partial charge in [0.2, 0.25) is 6.29 Å². The van der Waals surface area contributed by atoms with Gasteiger partial charge in [0, 0.05) is 0 Å². The third kappa shape index (κ3) is 4.66. The second-order valence-electron chi connectivity index (χ2n) is 6.54. The fourth-order valence-corrected chi connectivity index (χ4v) is 3.14. The molecule has 4 N–H and O–H groups in total. The summed E-state index contributed by atoms with van der Waals surface area (Å²) in [5.74, 6) is 0.0756. The number of hydrogen-bond donors (Lipinski definition) is 4. The minimum absolute atomic E-state index is 0.0756. The van der Waals surface area contributed by atoms with E-state index >= 15 is 0 Å². The summed E-state index contributed by atoms with van der Waals surface area (Å²) in [5, 5.41) is 38.9. The van der Waals surface area contributed by atoms with E-state index in [2.05, 4.69) is 0 Å². The average Bonchev–Trinajstić information content (AvgIpc) is 2.69. The van der Waals surface area contributed by atoms with E-state index in [1.165, 1.54) is 24.3 Å². The zero-order valence-electron chi connectivity index (χ0n) is 14.8. The molecule has 0 aliphatic carbocycles. The number of ether oxygens (including phenoxy) is 2. The molecule has 0 bridgehead atoms. The van der Waals surface area contributed by atoms with Crippen LogP contribution in [0.4, 0.5) is 13.2 Å². The molecule has 2 aromatic carbocycles. The van der Waals surface area contributed by atoms with Crippen LogP contribution in [0.5, 0.6) is 5.75 Å². The van der Waals surface area contributed by atoms with E-state index in [0.717, 1.165) is 12.1 Å². The lowest BCUT2D eigenvalue weighted by Gasteiger charge is -2.39. The lowest BCUT2D eigenvalue weighted by atomic mass is 9.99. The molecule has 0 spiro atoms. The third-order valence-electron chi connectivity index (χ3n) is 4.57. The number of halogens is 4. The average molecular weight is 435 g/mol. The Kier molecular flexibility index (Phi) is 6.37. The second-order valence-corrected chi connectivity index (χ2v) is 6.94. The molecule has 0 unspecified atom stereocenters. The molecule has 1 fully saturated rings. The van der Waals surface area contributed by atoms with E-state index < -0.39 is 49.1 Å². The van der Waals surface area contributed by atoms with Crippen LogP contribution < -0.4 is 4.74 Å². The van der Waals surface area contributed by atoms with Crippen LogP contribution in [0.3, 0.4) is 0 Å². The minimum Gasteiger partial charge on any atom is -0.460 e. The standard InChI is InChI=1S/C19H18ClF3O6/c20-12-7-10(9-1-4-11(5-2-9)19(21,22)23)3-6-13(12)28-18-17(27)16(26)15(25)14(8-24)29-18/h1-7,14-18,24-27H,8H2/t14-,15-,16+,17+,18+/m1/s1. The van der Waals surface area contributed by atoms with Crippen LogP contribution in [-0.4, -0.2) is 57.7 Å². The van der Waals surface area contributed by atoms with E-state index in [1.807, 2.05) is 0 Å². The molecule has 1 heterocycles. The first-order valence-electron chi connectivity index (χ1n) is 8.56. The largest absolute Gasteiger partial charge is 0.460 e. The van der Waals surface area contributed by atoms with Crippen molar-refractivity contribution in [2.75, 3.05) is 6.61 Å². The van der Waals surface area contributed by atoms with Gasteiger partial charge in [-0.05, 0) is 35.4 Å². The van der Waals surface area contributed by atoms with Crippen molar-refractivity contribution in [3.05, 3.63) is 53.1 Å². The van der Waals surface area contributed by atoms with E-state index in [9.17, 15) is 33.6 Å². The first kappa shape index (κ1) is 21.8. The topological polar surface area (TPSA) is 99.4 Å². The molecule has 1 aliphatic heterocycles. The molecule has 6 nitrogen and oxygen atoms in total. The Hall–Kier alpha value is -1.88. The van der Waals surface area contributed by atoms with E-state index in [1.54, 1.807) is 6.07 Å². The Bertz CT molecular complexity index is 843. The molecule has 0 aromatic heterocycles. The fourth-order valence-electron chi connectivity index (χ4n) is 2.92. The van der Waals surface area contributed by atoms with Crippen LogP contribution in [0.25, 0.3) is 11.1 Å². The first-order chi connectivity index (χ1) is 13.6. The molecule has 1 saturated heterocycles. The van der Waals surface area contributed by atoms with Crippen LogP contribution in [0.15, 0.2) is 42.5 Å². The van der Waals surface area contributed by atoms with Crippen LogP contribution in [0, 0.1) is 0 Å². The number of rotatable bonds is 4. The monoisotopic (exact) mass is 434 g/mol. The summed E-state index contributed by atoms with van der Waals surface area (Å²) in [5.41, 5.74) is 0.263. The zero-order valence-corrected chi connectivity index (χ0v) is 15.5. The maximum absolute atomic E-state index is 12.7. The maximum atomic E-state index is 12.7. The lowest BCUT2D eigenvalue weighted by Crippen LogP contribution is -2.60. The lowest BCUT2D eigenvalue weighted by molar-refractivity contribution is -0.277. The maximum Gasteiger partial charge on any atom is 0.416 e. The van der Waals surface area contributed by atoms with Crippen molar-refractivity contribution in [2.24, 2.45) is 0 Å². The molecule has 10 heteroatoms. The van der Waals surface area contributed by atoms with E-state index in [0.29, 0.717) is 11.1 Å². The van der Waals surface area contributed by atoms with Crippen molar-refractivity contribution in [1.82, 2.24) is 0 Å². The van der Waals surface area contributed by atoms with Gasteiger partial charge in [0.1, 0.15) is 30.2 Å². The predicted octanol–water partition coefficient (Wildman–Crippen LogP) is 2.20. The quantitative estimate of drug-likeness (QED) is 0.589. The number of aliphatic hydroxyl groups is 4. The van der Waals surface area contributed by atoms with Crippen molar-refractivity contribution in [3.8, 4) is 16.9 Å². The van der Waals surface area contributed by atoms with Gasteiger partial charge in [-0.25, -0.2) is 0 Å². The molecule has 1 aliphatic rings. The summed E-state index contributed by atoms with van der Waals surface area (Å²) in [6, 6.07) is 8.98. The van der Waals surface area contributed by atoms with Crippen molar-refractivity contribution in [1.29, 1.82) is 0 Å². The van der Waals surface area contributed by atoms with Crippen molar-refractivity contribution >= 4 is 11.6 Å². The Morgan fingerprint density at radius 2 is 1.55 bits per heavy atom. The van der Waals surface area contributed by atoms with Gasteiger partial charge in [0.25, 0.3) is 0 Å². The first-order valence-corrected chi connectivity index (χ1v) is 8.94. The number of aliphatic hydroxyl groups excluding tert-OH is 4. The van der Waals surface area contributed by atoms with Gasteiger partial charge in [-0.15, -0.1) is 0 Å². The minimum atomic E-state index is -4.43. The van der Waals surface area contributed by atoms with Crippen molar-refractivity contribution < 1.29 is 43.1 Å². The number of benzene rings is 2. The zero-order chi connectivity index (χ0) is 21.3. The predicted molar refractivity (Wildman–Crippen MR) is 96.3 cm³/mol. The van der Waals surface area contributed by atoms with Crippen LogP contribution in [0.2, 0.25) is 5.02 Å². The molecule has 158 valence electrons. The van der Waals surface area contributed by atoms with Gasteiger partial charge >= 0.3 is 6.18 Å². The smallest absolute Gasteiger partial charge is 0.416 e. The van der Waals surface area contributed by atoms with E-state index in [4.69, 9.17) is 21.1 Å². The number of alkyl halides is 3. The molecule has 0 radical (unpaired) electrons. The molecule has 0 amide bonds. The summed E-state index contributed by atoms with van der Waals surface area (Å²) in [4.78, 5) is 0. The van der Waals surface area contributed by atoms with Gasteiger partial charge in [-0.3, -0.25) is 0 Å². The molecular weight excluding hydrogens is 417 g/mol. The highest BCUT2D eigenvalue weighted by Gasteiger charge is 2.44. The molecule has 2 aromatic rings. The number of hydrogen-bond acceptors (Lipinski definition) is 6. The molecule has 5 atom stereocenters. The van der Waals surface area contributed by atoms with Gasteiger partial charge in [-0.1, -0.05) is 29.8 Å². The van der Waals surface area contributed by atoms with Crippen molar-refractivity contribution in [3.63, 3.8) is 0 Å². The van der Waals surface area contributed by atoms with Crippen molar-refractivity contribution in [2.45, 2.75) is 36.9 Å². The Morgan fingerprint density at radius 3 is 2.10 bits per heavy atom. The Balaban J connectivity index is 1.78. The van der Waals surface area contributed by atoms with Crippen LogP contribution >= 0.6 is 11.6 Å². The summed E-state index contributed by atoms with van der Waals surface area (Å²) in [6.07, 6.45) is -11.7. The normalized spacial score (nSPS) is 27.7. The summed E-state index contributed by atoms with van der Waals surface area (Å²) < 4.78 is 48.8. The van der Waals surface area contributed by atoms with Gasteiger partial charge in [-0.2, -0.15) is 13.2 Å². The summed E-state index contributed by atoms with van der Waals surface area (Å²) in [6.45, 7) is -0.606. The second kappa shape index (κ2) is 8.47. The molecular formula is C19H18ClF3O6. The SMILES string of the molecule is OC[C@H]1O[C@H](Oc2ccc(-c3ccc(C(F)(F)F)cc3)cc2Cl)[C@@H](O)[C@@H](O)[C@@H]1O.